The predicted octanol–water partition coefficient (Wildman–Crippen LogP) is 3.43. The molecule has 27 heavy (non-hydrogen) atoms. The summed E-state index contributed by atoms with van der Waals surface area (Å²) in [5.74, 6) is 0.938. The fraction of sp³-hybridized carbons (Fsp3) is 0.444. The van der Waals surface area contributed by atoms with Gasteiger partial charge < -0.3 is 15.3 Å². The highest BCUT2D eigenvalue weighted by molar-refractivity contribution is 7.16. The average molecular weight is 430 g/mol. The van der Waals surface area contributed by atoms with Crippen LogP contribution in [-0.2, 0) is 0 Å². The summed E-state index contributed by atoms with van der Waals surface area (Å²) in [5, 5.41) is 15.0. The molecule has 0 aliphatic carbocycles. The van der Waals surface area contributed by atoms with Crippen molar-refractivity contribution >= 4 is 58.4 Å². The van der Waals surface area contributed by atoms with E-state index in [9.17, 15) is 5.11 Å². The Balaban J connectivity index is 0.00000131. The van der Waals surface area contributed by atoms with Crippen molar-refractivity contribution in [1.82, 2.24) is 14.8 Å². The van der Waals surface area contributed by atoms with Gasteiger partial charge in [-0.15, -0.1) is 36.2 Å². The van der Waals surface area contributed by atoms with Crippen molar-refractivity contribution in [3.8, 4) is 0 Å². The number of thiazole rings is 1. The van der Waals surface area contributed by atoms with Crippen LogP contribution in [0, 0.1) is 6.92 Å². The molecule has 6 nitrogen and oxygen atoms in total. The Hall–Kier alpha value is -1.38. The molecule has 1 aromatic carbocycles. The van der Waals surface area contributed by atoms with Crippen LogP contribution >= 0.6 is 36.2 Å². The number of benzene rings is 1. The van der Waals surface area contributed by atoms with Gasteiger partial charge in [-0.25, -0.2) is 9.98 Å². The molecule has 0 saturated carbocycles. The molecule has 1 aromatic heterocycles. The topological polar surface area (TPSA) is 64.0 Å². The van der Waals surface area contributed by atoms with Crippen LogP contribution in [0.2, 0.25) is 0 Å². The number of aliphatic imine (C=N–C) groups is 1. The second-order valence-electron chi connectivity index (χ2n) is 6.58. The summed E-state index contributed by atoms with van der Waals surface area (Å²) in [6.45, 7) is 4.96. The molecule has 0 spiro atoms. The molecular weight excluding hydrogens is 405 g/mol. The van der Waals surface area contributed by atoms with Gasteiger partial charge in [-0.3, -0.25) is 4.90 Å². The van der Waals surface area contributed by atoms with Crippen molar-refractivity contribution in [1.29, 1.82) is 0 Å². The summed E-state index contributed by atoms with van der Waals surface area (Å²) < 4.78 is 0. The van der Waals surface area contributed by atoms with E-state index in [0.717, 1.165) is 59.0 Å². The van der Waals surface area contributed by atoms with E-state index in [1.165, 1.54) is 0 Å². The van der Waals surface area contributed by atoms with Crippen LogP contribution in [0.1, 0.15) is 17.1 Å². The van der Waals surface area contributed by atoms with Gasteiger partial charge in [-0.05, 0) is 32.5 Å². The maximum atomic E-state index is 9.37. The second-order valence-corrected chi connectivity index (χ2v) is 7.78. The van der Waals surface area contributed by atoms with E-state index in [4.69, 9.17) is 9.98 Å². The Morgan fingerprint density at radius 1 is 1.26 bits per heavy atom. The van der Waals surface area contributed by atoms with Crippen LogP contribution in [0.15, 0.2) is 29.3 Å². The molecule has 2 aliphatic rings. The summed E-state index contributed by atoms with van der Waals surface area (Å²) in [6.07, 6.45) is 0.776. The van der Waals surface area contributed by atoms with Gasteiger partial charge in [-0.1, -0.05) is 12.1 Å². The number of hydrogen-bond acceptors (Lipinski definition) is 7. The standard InChI is InChI=1S/C18H23N5OS.2ClH/c1-12-19-16-17(23-9-8-22(2)13(11-23)7-10-24)20-14-5-3-4-6-15(14)21-18(16)25-12;;/h3-6,13,21,24H,7-11H2,1-2H3;2*1H/t13-;;/m0../s1. The quantitative estimate of drug-likeness (QED) is 0.765. The van der Waals surface area contributed by atoms with Crippen LogP contribution < -0.4 is 5.32 Å². The fourth-order valence-corrected chi connectivity index (χ4v) is 4.28. The number of likely N-dealkylation sites (N-methyl/N-ethyl adjacent to an activating group) is 1. The Morgan fingerprint density at radius 2 is 2.04 bits per heavy atom. The number of anilines is 2. The van der Waals surface area contributed by atoms with Crippen molar-refractivity contribution in [2.24, 2.45) is 4.99 Å². The molecule has 1 saturated heterocycles. The Bertz CT molecular complexity index is 813. The molecule has 0 unspecified atom stereocenters. The van der Waals surface area contributed by atoms with Crippen LogP contribution in [0.4, 0.5) is 16.4 Å². The number of aryl methyl sites for hydroxylation is 1. The third-order valence-electron chi connectivity index (χ3n) is 4.86. The summed E-state index contributed by atoms with van der Waals surface area (Å²) in [6, 6.07) is 8.45. The number of aromatic nitrogens is 1. The molecule has 4 rings (SSSR count). The number of para-hydroxylation sites is 2. The van der Waals surface area contributed by atoms with E-state index in [2.05, 4.69) is 28.2 Å². The number of halogens is 2. The first-order valence-corrected chi connectivity index (χ1v) is 9.46. The molecule has 0 bridgehead atoms. The number of piperazine rings is 1. The molecule has 9 heteroatoms. The number of aliphatic hydroxyl groups is 1. The molecule has 2 aromatic rings. The summed E-state index contributed by atoms with van der Waals surface area (Å²) in [7, 11) is 2.13. The van der Waals surface area contributed by atoms with Gasteiger partial charge in [0.15, 0.2) is 5.84 Å². The number of amidine groups is 1. The van der Waals surface area contributed by atoms with Crippen LogP contribution in [0.25, 0.3) is 0 Å². The first-order valence-electron chi connectivity index (χ1n) is 8.64. The lowest BCUT2D eigenvalue weighted by atomic mass is 10.1. The van der Waals surface area contributed by atoms with Gasteiger partial charge in [0.05, 0.1) is 16.4 Å². The maximum absolute atomic E-state index is 9.37. The highest BCUT2D eigenvalue weighted by atomic mass is 35.5. The average Bonchev–Trinajstić information content (AvgIpc) is 2.89. The smallest absolute Gasteiger partial charge is 0.158 e. The zero-order chi connectivity index (χ0) is 17.4. The summed E-state index contributed by atoms with van der Waals surface area (Å²) in [5.41, 5.74) is 2.90. The highest BCUT2D eigenvalue weighted by Gasteiger charge is 2.30. The number of nitrogens with zero attached hydrogens (tertiary/aromatic N) is 4. The van der Waals surface area contributed by atoms with Crippen molar-refractivity contribution in [3.05, 3.63) is 35.0 Å². The minimum absolute atomic E-state index is 0. The number of rotatable bonds is 2. The third-order valence-corrected chi connectivity index (χ3v) is 5.75. The van der Waals surface area contributed by atoms with E-state index in [1.807, 2.05) is 25.1 Å². The zero-order valence-corrected chi connectivity index (χ0v) is 17.8. The Morgan fingerprint density at radius 3 is 2.81 bits per heavy atom. The lowest BCUT2D eigenvalue weighted by molar-refractivity contribution is 0.115. The lowest BCUT2D eigenvalue weighted by Gasteiger charge is -2.40. The number of aliphatic hydroxyl groups excluding tert-OH is 1. The van der Waals surface area contributed by atoms with Gasteiger partial charge >= 0.3 is 0 Å². The zero-order valence-electron chi connectivity index (χ0n) is 15.4. The monoisotopic (exact) mass is 429 g/mol. The second kappa shape index (κ2) is 9.21. The predicted molar refractivity (Wildman–Crippen MR) is 117 cm³/mol. The molecule has 0 amide bonds. The summed E-state index contributed by atoms with van der Waals surface area (Å²) >= 11 is 1.67. The van der Waals surface area contributed by atoms with Crippen LogP contribution in [0.5, 0.6) is 0 Å². The van der Waals surface area contributed by atoms with Gasteiger partial charge in [0.2, 0.25) is 0 Å². The Kier molecular flexibility index (Phi) is 7.47. The Labute approximate surface area is 176 Å². The van der Waals surface area contributed by atoms with Crippen molar-refractivity contribution in [2.75, 3.05) is 38.6 Å². The molecule has 1 atom stereocenters. The van der Waals surface area contributed by atoms with Gasteiger partial charge in [0.25, 0.3) is 0 Å². The number of fused-ring (bicyclic) bond motifs is 2. The minimum Gasteiger partial charge on any atom is -0.396 e. The fourth-order valence-electron chi connectivity index (χ4n) is 3.45. The van der Waals surface area contributed by atoms with Crippen molar-refractivity contribution in [3.63, 3.8) is 0 Å². The molecular formula is C18H25Cl2N5OS. The minimum atomic E-state index is 0. The van der Waals surface area contributed by atoms with E-state index in [0.29, 0.717) is 6.04 Å². The van der Waals surface area contributed by atoms with E-state index in [1.54, 1.807) is 11.3 Å². The normalized spacial score (nSPS) is 18.9. The van der Waals surface area contributed by atoms with Gasteiger partial charge in [-0.2, -0.15) is 0 Å². The first-order chi connectivity index (χ1) is 12.2. The highest BCUT2D eigenvalue weighted by Crippen LogP contribution is 2.37. The largest absolute Gasteiger partial charge is 0.396 e. The molecule has 2 aliphatic heterocycles. The maximum Gasteiger partial charge on any atom is 0.158 e. The molecule has 0 radical (unpaired) electrons. The van der Waals surface area contributed by atoms with Crippen LogP contribution in [0.3, 0.4) is 0 Å². The SMILES string of the molecule is Cc1nc2c(s1)Nc1ccccc1N=C2N1CCN(C)[C@@H](CCO)C1.Cl.Cl. The van der Waals surface area contributed by atoms with Crippen molar-refractivity contribution < 1.29 is 5.11 Å². The van der Waals surface area contributed by atoms with Crippen molar-refractivity contribution in [2.45, 2.75) is 19.4 Å². The van der Waals surface area contributed by atoms with Crippen LogP contribution in [-0.4, -0.2) is 65.1 Å². The van der Waals surface area contributed by atoms with E-state index < -0.39 is 0 Å². The van der Waals surface area contributed by atoms with Gasteiger partial charge in [0, 0.05) is 32.3 Å². The van der Waals surface area contributed by atoms with E-state index in [-0.39, 0.29) is 31.4 Å². The first kappa shape index (κ1) is 21.9. The lowest BCUT2D eigenvalue weighted by Crippen LogP contribution is -2.53. The molecule has 148 valence electrons. The number of hydrogen-bond donors (Lipinski definition) is 2. The molecule has 2 N–H and O–H groups in total. The van der Waals surface area contributed by atoms with Gasteiger partial charge in [0.1, 0.15) is 10.7 Å². The number of nitrogens with one attached hydrogen (secondary N) is 1. The molecule has 1 fully saturated rings. The summed E-state index contributed by atoms with van der Waals surface area (Å²) in [4.78, 5) is 14.4. The third kappa shape index (κ3) is 4.38. The molecule has 3 heterocycles. The van der Waals surface area contributed by atoms with E-state index >= 15 is 0 Å².